The third-order valence-electron chi connectivity index (χ3n) is 1.88. The summed E-state index contributed by atoms with van der Waals surface area (Å²) in [6.45, 7) is 3.96. The molecule has 0 aromatic rings. The molecule has 0 aromatic heterocycles. The summed E-state index contributed by atoms with van der Waals surface area (Å²) < 4.78 is 0. The first-order chi connectivity index (χ1) is 6.18. The van der Waals surface area contributed by atoms with Crippen LogP contribution in [0.4, 0.5) is 4.79 Å². The van der Waals surface area contributed by atoms with Crippen LogP contribution in [0.3, 0.4) is 0 Å². The van der Waals surface area contributed by atoms with Crippen molar-refractivity contribution in [2.75, 3.05) is 0 Å². The molecular formula is C10H17NOS. The van der Waals surface area contributed by atoms with E-state index < -0.39 is 0 Å². The van der Waals surface area contributed by atoms with Crippen LogP contribution in [0.5, 0.6) is 0 Å². The van der Waals surface area contributed by atoms with E-state index in [1.807, 2.05) is 13.8 Å². The Morgan fingerprint density at radius 3 is 2.92 bits per heavy atom. The van der Waals surface area contributed by atoms with E-state index in [1.165, 1.54) is 24.6 Å². The van der Waals surface area contributed by atoms with Crippen LogP contribution in [0.2, 0.25) is 0 Å². The van der Waals surface area contributed by atoms with Gasteiger partial charge in [0.15, 0.2) is 0 Å². The first-order valence-electron chi connectivity index (χ1n) is 4.82. The van der Waals surface area contributed by atoms with E-state index in [9.17, 15) is 4.79 Å². The van der Waals surface area contributed by atoms with Crippen molar-refractivity contribution >= 4 is 17.0 Å². The molecule has 1 aliphatic rings. The van der Waals surface area contributed by atoms with Gasteiger partial charge in [-0.15, -0.1) is 0 Å². The molecule has 1 aliphatic carbocycles. The lowest BCUT2D eigenvalue weighted by Crippen LogP contribution is -2.28. The van der Waals surface area contributed by atoms with Gasteiger partial charge in [0.1, 0.15) is 0 Å². The minimum atomic E-state index is 0.103. The average Bonchev–Trinajstić information content (AvgIpc) is 2.04. The summed E-state index contributed by atoms with van der Waals surface area (Å²) in [7, 11) is 0. The zero-order valence-electron chi connectivity index (χ0n) is 8.25. The largest absolute Gasteiger partial charge is 0.345 e. The molecule has 0 saturated carbocycles. The Bertz CT molecular complexity index is 201. The van der Waals surface area contributed by atoms with Gasteiger partial charge in [0.2, 0.25) is 0 Å². The van der Waals surface area contributed by atoms with Crippen LogP contribution < -0.4 is 5.32 Å². The van der Waals surface area contributed by atoms with Gasteiger partial charge < -0.3 is 5.32 Å². The smallest absolute Gasteiger partial charge is 0.279 e. The molecule has 1 atom stereocenters. The second-order valence-electron chi connectivity index (χ2n) is 3.60. The molecule has 0 spiro atoms. The first kappa shape index (κ1) is 10.6. The highest BCUT2D eigenvalue weighted by atomic mass is 32.2. The maximum atomic E-state index is 11.3. The van der Waals surface area contributed by atoms with Crippen LogP contribution in [-0.2, 0) is 0 Å². The summed E-state index contributed by atoms with van der Waals surface area (Å²) in [5.41, 5.74) is 0. The van der Waals surface area contributed by atoms with E-state index in [0.29, 0.717) is 5.25 Å². The van der Waals surface area contributed by atoms with Gasteiger partial charge in [0, 0.05) is 11.3 Å². The number of amides is 1. The molecule has 13 heavy (non-hydrogen) atoms. The van der Waals surface area contributed by atoms with Gasteiger partial charge in [-0.1, -0.05) is 23.9 Å². The van der Waals surface area contributed by atoms with E-state index in [4.69, 9.17) is 0 Å². The average molecular weight is 199 g/mol. The van der Waals surface area contributed by atoms with Crippen LogP contribution >= 0.6 is 11.8 Å². The monoisotopic (exact) mass is 199 g/mol. The van der Waals surface area contributed by atoms with Crippen molar-refractivity contribution < 1.29 is 4.79 Å². The summed E-state index contributed by atoms with van der Waals surface area (Å²) in [5.74, 6) is 0. The van der Waals surface area contributed by atoms with E-state index in [0.717, 1.165) is 6.42 Å². The molecule has 0 heterocycles. The van der Waals surface area contributed by atoms with Gasteiger partial charge in [-0.2, -0.15) is 0 Å². The number of carbonyl (C=O) groups excluding carboxylic acids is 1. The highest BCUT2D eigenvalue weighted by Gasteiger charge is 2.13. The van der Waals surface area contributed by atoms with E-state index >= 15 is 0 Å². The van der Waals surface area contributed by atoms with Gasteiger partial charge in [-0.25, -0.2) is 0 Å². The second kappa shape index (κ2) is 5.32. The Morgan fingerprint density at radius 2 is 2.38 bits per heavy atom. The number of rotatable bonds is 2. The van der Waals surface area contributed by atoms with Crippen LogP contribution in [0, 0.1) is 0 Å². The molecule has 0 aromatic carbocycles. The number of nitrogens with one attached hydrogen (secondary N) is 1. The molecule has 1 rings (SSSR count). The minimum Gasteiger partial charge on any atom is -0.345 e. The zero-order valence-corrected chi connectivity index (χ0v) is 9.06. The predicted octanol–water partition coefficient (Wildman–Crippen LogP) is 2.95. The Balaban J connectivity index is 2.26. The van der Waals surface area contributed by atoms with Crippen molar-refractivity contribution in [1.29, 1.82) is 0 Å². The van der Waals surface area contributed by atoms with Crippen molar-refractivity contribution in [1.82, 2.24) is 5.32 Å². The summed E-state index contributed by atoms with van der Waals surface area (Å²) in [5, 5.41) is 3.38. The Kier molecular flexibility index (Phi) is 4.36. The fraction of sp³-hybridized carbons (Fsp3) is 0.700. The third-order valence-corrected chi connectivity index (χ3v) is 2.90. The molecule has 74 valence electrons. The summed E-state index contributed by atoms with van der Waals surface area (Å²) in [6, 6.07) is 0.243. The van der Waals surface area contributed by atoms with Gasteiger partial charge >= 0.3 is 0 Å². The van der Waals surface area contributed by atoms with Crippen LogP contribution in [0.15, 0.2) is 12.2 Å². The predicted molar refractivity (Wildman–Crippen MR) is 58.0 cm³/mol. The van der Waals surface area contributed by atoms with E-state index in [1.54, 1.807) is 0 Å². The molecule has 0 unspecified atom stereocenters. The molecule has 2 nitrogen and oxygen atoms in total. The molecule has 1 N–H and O–H groups in total. The van der Waals surface area contributed by atoms with Crippen molar-refractivity contribution in [2.24, 2.45) is 0 Å². The quantitative estimate of drug-likeness (QED) is 0.693. The molecular weight excluding hydrogens is 182 g/mol. The number of hydrogen-bond acceptors (Lipinski definition) is 2. The minimum absolute atomic E-state index is 0.103. The van der Waals surface area contributed by atoms with E-state index in [-0.39, 0.29) is 11.3 Å². The Labute approximate surface area is 84.2 Å². The van der Waals surface area contributed by atoms with Crippen LogP contribution in [-0.4, -0.2) is 16.5 Å². The topological polar surface area (TPSA) is 29.1 Å². The molecule has 0 fully saturated rings. The maximum Gasteiger partial charge on any atom is 0.279 e. The van der Waals surface area contributed by atoms with Gasteiger partial charge in [0.05, 0.1) is 0 Å². The number of carbonyl (C=O) groups is 1. The lowest BCUT2D eigenvalue weighted by atomic mass is 10.1. The normalized spacial score (nSPS) is 21.9. The van der Waals surface area contributed by atoms with Crippen molar-refractivity contribution in [3.05, 3.63) is 12.2 Å². The fourth-order valence-corrected chi connectivity index (χ4v) is 2.34. The van der Waals surface area contributed by atoms with Gasteiger partial charge in [0.25, 0.3) is 5.24 Å². The van der Waals surface area contributed by atoms with Crippen molar-refractivity contribution in [3.63, 3.8) is 0 Å². The highest BCUT2D eigenvalue weighted by Crippen LogP contribution is 2.23. The highest BCUT2D eigenvalue weighted by molar-refractivity contribution is 8.14. The third kappa shape index (κ3) is 4.36. The lowest BCUT2D eigenvalue weighted by Gasteiger charge is -2.15. The van der Waals surface area contributed by atoms with Gasteiger partial charge in [-0.3, -0.25) is 4.79 Å². The molecule has 0 saturated heterocycles. The summed E-state index contributed by atoms with van der Waals surface area (Å²) >= 11 is 1.41. The standard InChI is InChI=1S/C10H17NOS/c1-8(2)11-10(12)13-9-6-4-3-5-7-9/h4,6,8-9H,3,5,7H2,1-2H3,(H,11,12)/t9-/m0/s1. The lowest BCUT2D eigenvalue weighted by molar-refractivity contribution is 0.258. The molecule has 0 aliphatic heterocycles. The second-order valence-corrected chi connectivity index (χ2v) is 4.81. The van der Waals surface area contributed by atoms with Gasteiger partial charge in [-0.05, 0) is 33.1 Å². The number of thioether (sulfide) groups is 1. The van der Waals surface area contributed by atoms with Crippen molar-refractivity contribution in [3.8, 4) is 0 Å². The first-order valence-corrected chi connectivity index (χ1v) is 5.70. The number of allylic oxidation sites excluding steroid dienone is 1. The Morgan fingerprint density at radius 1 is 1.62 bits per heavy atom. The zero-order chi connectivity index (χ0) is 9.68. The van der Waals surface area contributed by atoms with Crippen LogP contribution in [0.1, 0.15) is 33.1 Å². The summed E-state index contributed by atoms with van der Waals surface area (Å²) in [6.07, 6.45) is 7.83. The number of hydrogen-bond donors (Lipinski definition) is 1. The van der Waals surface area contributed by atoms with Crippen molar-refractivity contribution in [2.45, 2.75) is 44.4 Å². The molecule has 3 heteroatoms. The maximum absolute atomic E-state index is 11.3. The Hall–Kier alpha value is -0.440. The van der Waals surface area contributed by atoms with Crippen LogP contribution in [0.25, 0.3) is 0 Å². The molecule has 0 bridgehead atoms. The SMILES string of the molecule is CC(C)NC(=O)S[C@H]1C=CCCC1. The van der Waals surface area contributed by atoms with E-state index in [2.05, 4.69) is 17.5 Å². The molecule has 0 radical (unpaired) electrons. The molecule has 1 amide bonds. The summed E-state index contributed by atoms with van der Waals surface area (Å²) in [4.78, 5) is 11.3. The fourth-order valence-electron chi connectivity index (χ4n) is 1.29.